The van der Waals surface area contributed by atoms with Gasteiger partial charge in [0.15, 0.2) is 0 Å². The molecule has 0 spiro atoms. The third-order valence-corrected chi connectivity index (χ3v) is 3.54. The molecule has 0 amide bonds. The van der Waals surface area contributed by atoms with Crippen molar-refractivity contribution < 1.29 is 0 Å². The van der Waals surface area contributed by atoms with E-state index in [4.69, 9.17) is 0 Å². The predicted octanol–water partition coefficient (Wildman–Crippen LogP) is 5.03. The molecule has 2 rings (SSSR count). The average Bonchev–Trinajstić information content (AvgIpc) is 2.41. The minimum Gasteiger partial charge on any atom is -0.384 e. The van der Waals surface area contributed by atoms with Crippen molar-refractivity contribution in [2.24, 2.45) is 0 Å². The highest BCUT2D eigenvalue weighted by molar-refractivity contribution is 9.10. The second-order valence-corrected chi connectivity index (χ2v) is 5.84. The first-order valence-corrected chi connectivity index (χ1v) is 7.62. The highest BCUT2D eigenvalue weighted by Crippen LogP contribution is 2.28. The molecule has 1 heterocycles. The van der Waals surface area contributed by atoms with E-state index in [1.54, 1.807) is 0 Å². The minimum atomic E-state index is 0.960. The zero-order chi connectivity index (χ0) is 14.5. The average molecular weight is 334 g/mol. The van der Waals surface area contributed by atoms with E-state index in [0.29, 0.717) is 0 Å². The van der Waals surface area contributed by atoms with Gasteiger partial charge in [-0.2, -0.15) is 0 Å². The van der Waals surface area contributed by atoms with Gasteiger partial charge < -0.3 is 10.6 Å². The SMILES string of the molecule is CCCNc1cncc(Nc2c(C)cc(Br)cc2C)c1. The predicted molar refractivity (Wildman–Crippen MR) is 89.9 cm³/mol. The lowest BCUT2D eigenvalue weighted by molar-refractivity contribution is 0.977. The van der Waals surface area contributed by atoms with Crippen molar-refractivity contribution in [3.05, 3.63) is 46.2 Å². The Bertz CT molecular complexity index is 573. The number of nitrogens with one attached hydrogen (secondary N) is 2. The molecule has 3 nitrogen and oxygen atoms in total. The fourth-order valence-corrected chi connectivity index (χ4v) is 2.81. The summed E-state index contributed by atoms with van der Waals surface area (Å²) in [5.41, 5.74) is 5.61. The lowest BCUT2D eigenvalue weighted by Crippen LogP contribution is -2.02. The molecule has 0 bridgehead atoms. The molecule has 0 aliphatic heterocycles. The van der Waals surface area contributed by atoms with Crippen LogP contribution < -0.4 is 10.6 Å². The number of pyridine rings is 1. The van der Waals surface area contributed by atoms with Gasteiger partial charge in [0.05, 0.1) is 23.8 Å². The molecule has 4 heteroatoms. The van der Waals surface area contributed by atoms with E-state index >= 15 is 0 Å². The summed E-state index contributed by atoms with van der Waals surface area (Å²) in [7, 11) is 0. The number of anilines is 3. The molecule has 0 unspecified atom stereocenters. The van der Waals surface area contributed by atoms with Gasteiger partial charge in [0.1, 0.15) is 0 Å². The van der Waals surface area contributed by atoms with E-state index in [1.165, 1.54) is 11.1 Å². The van der Waals surface area contributed by atoms with Gasteiger partial charge in [0, 0.05) is 16.7 Å². The van der Waals surface area contributed by atoms with Gasteiger partial charge in [0.25, 0.3) is 0 Å². The second-order valence-electron chi connectivity index (χ2n) is 4.93. The van der Waals surface area contributed by atoms with Crippen LogP contribution in [0.15, 0.2) is 35.1 Å². The molecule has 2 aromatic rings. The Labute approximate surface area is 129 Å². The Hall–Kier alpha value is -1.55. The number of hydrogen-bond acceptors (Lipinski definition) is 3. The largest absolute Gasteiger partial charge is 0.384 e. The van der Waals surface area contributed by atoms with Gasteiger partial charge in [-0.15, -0.1) is 0 Å². The Morgan fingerprint density at radius 3 is 2.35 bits per heavy atom. The van der Waals surface area contributed by atoms with Crippen LogP contribution in [0.1, 0.15) is 24.5 Å². The zero-order valence-electron chi connectivity index (χ0n) is 12.1. The van der Waals surface area contributed by atoms with Crippen molar-refractivity contribution >= 4 is 33.0 Å². The van der Waals surface area contributed by atoms with E-state index in [9.17, 15) is 0 Å². The molecule has 106 valence electrons. The lowest BCUT2D eigenvalue weighted by atomic mass is 10.1. The normalized spacial score (nSPS) is 10.4. The van der Waals surface area contributed by atoms with Crippen molar-refractivity contribution in [2.75, 3.05) is 17.2 Å². The Kier molecular flexibility index (Phi) is 5.01. The third kappa shape index (κ3) is 3.73. The van der Waals surface area contributed by atoms with Gasteiger partial charge in [-0.1, -0.05) is 22.9 Å². The number of benzene rings is 1. The first-order valence-electron chi connectivity index (χ1n) is 6.83. The quantitative estimate of drug-likeness (QED) is 0.805. The maximum Gasteiger partial charge on any atom is 0.0591 e. The molecule has 0 saturated heterocycles. The molecule has 20 heavy (non-hydrogen) atoms. The molecule has 1 aromatic carbocycles. The van der Waals surface area contributed by atoms with Gasteiger partial charge >= 0.3 is 0 Å². The lowest BCUT2D eigenvalue weighted by Gasteiger charge is -2.14. The van der Waals surface area contributed by atoms with Crippen LogP contribution in [0.25, 0.3) is 0 Å². The summed E-state index contributed by atoms with van der Waals surface area (Å²) in [6.07, 6.45) is 4.79. The van der Waals surface area contributed by atoms with Crippen LogP contribution in [0, 0.1) is 13.8 Å². The van der Waals surface area contributed by atoms with Crippen LogP contribution in [0.3, 0.4) is 0 Å². The third-order valence-electron chi connectivity index (χ3n) is 3.08. The van der Waals surface area contributed by atoms with Gasteiger partial charge in [-0.25, -0.2) is 0 Å². The number of aromatic nitrogens is 1. The fourth-order valence-electron chi connectivity index (χ4n) is 2.13. The summed E-state index contributed by atoms with van der Waals surface area (Å²) in [6, 6.07) is 6.31. The minimum absolute atomic E-state index is 0.960. The van der Waals surface area contributed by atoms with Crippen molar-refractivity contribution in [2.45, 2.75) is 27.2 Å². The first kappa shape index (κ1) is 14.9. The molecule has 0 fully saturated rings. The highest BCUT2D eigenvalue weighted by atomic mass is 79.9. The Morgan fingerprint density at radius 2 is 1.70 bits per heavy atom. The molecular weight excluding hydrogens is 314 g/mol. The highest BCUT2D eigenvalue weighted by Gasteiger charge is 2.05. The van der Waals surface area contributed by atoms with Crippen molar-refractivity contribution in [1.82, 2.24) is 4.98 Å². The van der Waals surface area contributed by atoms with Crippen LogP contribution in [0.5, 0.6) is 0 Å². The number of hydrogen-bond donors (Lipinski definition) is 2. The molecule has 0 aliphatic carbocycles. The first-order chi connectivity index (χ1) is 9.60. The summed E-state index contributed by atoms with van der Waals surface area (Å²) in [5.74, 6) is 0. The van der Waals surface area contributed by atoms with Crippen molar-refractivity contribution in [3.8, 4) is 0 Å². The van der Waals surface area contributed by atoms with E-state index in [-0.39, 0.29) is 0 Å². The van der Waals surface area contributed by atoms with Crippen LogP contribution >= 0.6 is 15.9 Å². The molecule has 1 aromatic heterocycles. The van der Waals surface area contributed by atoms with Crippen LogP contribution in [0.2, 0.25) is 0 Å². The molecule has 0 saturated carbocycles. The number of aryl methyl sites for hydroxylation is 2. The second kappa shape index (κ2) is 6.75. The summed E-state index contributed by atoms with van der Waals surface area (Å²) >= 11 is 3.52. The maximum absolute atomic E-state index is 4.28. The van der Waals surface area contributed by atoms with Crippen molar-refractivity contribution in [1.29, 1.82) is 0 Å². The van der Waals surface area contributed by atoms with E-state index < -0.39 is 0 Å². The molecular formula is C16H20BrN3. The van der Waals surface area contributed by atoms with Gasteiger partial charge in [-0.05, 0) is 49.6 Å². The standard InChI is InChI=1S/C16H20BrN3/c1-4-5-19-14-8-15(10-18-9-14)20-16-11(2)6-13(17)7-12(16)3/h6-10,19-20H,4-5H2,1-3H3. The molecule has 0 aliphatic rings. The molecule has 0 atom stereocenters. The topological polar surface area (TPSA) is 37.0 Å². The van der Waals surface area contributed by atoms with Crippen LogP contribution in [0.4, 0.5) is 17.1 Å². The summed E-state index contributed by atoms with van der Waals surface area (Å²) in [5, 5.41) is 6.81. The van der Waals surface area contributed by atoms with Crippen LogP contribution in [-0.4, -0.2) is 11.5 Å². The molecule has 0 radical (unpaired) electrons. The zero-order valence-corrected chi connectivity index (χ0v) is 13.7. The summed E-state index contributed by atoms with van der Waals surface area (Å²) in [4.78, 5) is 4.28. The number of nitrogens with zero attached hydrogens (tertiary/aromatic N) is 1. The van der Waals surface area contributed by atoms with Gasteiger partial charge in [-0.3, -0.25) is 4.98 Å². The fraction of sp³-hybridized carbons (Fsp3) is 0.312. The molecule has 2 N–H and O–H groups in total. The Balaban J connectivity index is 2.22. The Morgan fingerprint density at radius 1 is 1.05 bits per heavy atom. The summed E-state index contributed by atoms with van der Waals surface area (Å²) < 4.78 is 1.11. The monoisotopic (exact) mass is 333 g/mol. The maximum atomic E-state index is 4.28. The number of rotatable bonds is 5. The van der Waals surface area contributed by atoms with E-state index in [1.807, 2.05) is 12.4 Å². The van der Waals surface area contributed by atoms with Crippen molar-refractivity contribution in [3.63, 3.8) is 0 Å². The van der Waals surface area contributed by atoms with E-state index in [2.05, 4.69) is 70.5 Å². The number of halogens is 1. The van der Waals surface area contributed by atoms with E-state index in [0.717, 1.165) is 34.5 Å². The van der Waals surface area contributed by atoms with Gasteiger partial charge in [0.2, 0.25) is 0 Å². The smallest absolute Gasteiger partial charge is 0.0591 e. The van der Waals surface area contributed by atoms with Crippen LogP contribution in [-0.2, 0) is 0 Å². The summed E-state index contributed by atoms with van der Waals surface area (Å²) in [6.45, 7) is 7.32.